The summed E-state index contributed by atoms with van der Waals surface area (Å²) in [4.78, 5) is 23.4. The molecule has 0 radical (unpaired) electrons. The van der Waals surface area contributed by atoms with E-state index in [9.17, 15) is 19.9 Å². The highest BCUT2D eigenvalue weighted by molar-refractivity contribution is 7.99. The van der Waals surface area contributed by atoms with Gasteiger partial charge in [0.15, 0.2) is 12.5 Å². The van der Waals surface area contributed by atoms with Crippen molar-refractivity contribution in [2.75, 3.05) is 5.75 Å². The van der Waals surface area contributed by atoms with Crippen molar-refractivity contribution >= 4 is 23.6 Å². The standard InChI is InChI=1S/C38H43N3O7S/c42-25-27-13-15-30(16-14-27)34-23-33(26-49-37-12-5-6-21-41(37)46)47-38(48-34)31-19-17-29(18-20-31)32-9-7-8-28(22-32)24-39-35(43)10-3-1-2-4-11-36(44)40-45/h5-9,12-22,33-34,38,42,45H,1-4,10-11,23-26H2,(H,39,43)(H,40,44). The van der Waals surface area contributed by atoms with Crippen molar-refractivity contribution in [1.82, 2.24) is 10.8 Å². The molecule has 3 aromatic carbocycles. The van der Waals surface area contributed by atoms with Crippen molar-refractivity contribution in [2.45, 2.75) is 81.6 Å². The average molecular weight is 686 g/mol. The molecule has 1 aromatic heterocycles. The van der Waals surface area contributed by atoms with Gasteiger partial charge in [0, 0.05) is 49.3 Å². The molecule has 3 atom stereocenters. The van der Waals surface area contributed by atoms with Gasteiger partial charge >= 0.3 is 0 Å². The first-order chi connectivity index (χ1) is 23.9. The number of hydroxylamine groups is 1. The summed E-state index contributed by atoms with van der Waals surface area (Å²) in [6, 6.07) is 29.3. The lowest BCUT2D eigenvalue weighted by Crippen LogP contribution is -2.32. The zero-order chi connectivity index (χ0) is 34.4. The van der Waals surface area contributed by atoms with Crippen LogP contribution in [0.3, 0.4) is 0 Å². The third-order valence-electron chi connectivity index (χ3n) is 8.44. The number of carbonyl (C=O) groups is 2. The lowest BCUT2D eigenvalue weighted by atomic mass is 9.99. The second-order valence-corrected chi connectivity index (χ2v) is 13.1. The molecular weight excluding hydrogens is 642 g/mol. The molecule has 11 heteroatoms. The van der Waals surface area contributed by atoms with Crippen LogP contribution in [-0.2, 0) is 32.2 Å². The quantitative estimate of drug-likeness (QED) is 0.0270. The van der Waals surface area contributed by atoms with Gasteiger partial charge in [0.25, 0.3) is 5.03 Å². The minimum atomic E-state index is -0.604. The number of hydrogen-bond acceptors (Lipinski definition) is 8. The molecule has 1 saturated heterocycles. The van der Waals surface area contributed by atoms with E-state index in [1.165, 1.54) is 18.0 Å². The third kappa shape index (κ3) is 10.9. The molecule has 1 aliphatic heterocycles. The first kappa shape index (κ1) is 36.0. The topological polar surface area (TPSA) is 144 Å². The molecule has 5 rings (SSSR count). The second kappa shape index (κ2) is 18.5. The predicted molar refractivity (Wildman–Crippen MR) is 186 cm³/mol. The summed E-state index contributed by atoms with van der Waals surface area (Å²) in [7, 11) is 0. The summed E-state index contributed by atoms with van der Waals surface area (Å²) >= 11 is 1.46. The Morgan fingerprint density at radius 3 is 2.27 bits per heavy atom. The maximum absolute atomic E-state index is 12.4. The van der Waals surface area contributed by atoms with Crippen LogP contribution >= 0.6 is 11.8 Å². The van der Waals surface area contributed by atoms with E-state index in [0.717, 1.165) is 57.4 Å². The fourth-order valence-electron chi connectivity index (χ4n) is 5.69. The van der Waals surface area contributed by atoms with Gasteiger partial charge in [-0.2, -0.15) is 4.73 Å². The van der Waals surface area contributed by atoms with Crippen LogP contribution in [0.5, 0.6) is 0 Å². The molecule has 2 heterocycles. The number of amides is 2. The van der Waals surface area contributed by atoms with Crippen molar-refractivity contribution < 1.29 is 34.1 Å². The maximum atomic E-state index is 12.4. The number of nitrogens with one attached hydrogen (secondary N) is 2. The Balaban J connectivity index is 1.19. The van der Waals surface area contributed by atoms with E-state index in [4.69, 9.17) is 14.7 Å². The highest BCUT2D eigenvalue weighted by Crippen LogP contribution is 2.39. The number of unbranched alkanes of at least 4 members (excludes halogenated alkanes) is 3. The Labute approximate surface area is 291 Å². The largest absolute Gasteiger partial charge is 0.618 e. The maximum Gasteiger partial charge on any atom is 0.251 e. The highest BCUT2D eigenvalue weighted by Gasteiger charge is 2.32. The van der Waals surface area contributed by atoms with E-state index >= 15 is 0 Å². The Hall–Kier alpha value is -4.26. The van der Waals surface area contributed by atoms with Gasteiger partial charge < -0.3 is 25.1 Å². The summed E-state index contributed by atoms with van der Waals surface area (Å²) in [6.45, 7) is 0.408. The van der Waals surface area contributed by atoms with E-state index in [0.29, 0.717) is 36.6 Å². The Bertz CT molecular complexity index is 1650. The number of rotatable bonds is 16. The van der Waals surface area contributed by atoms with Crippen LogP contribution in [0.25, 0.3) is 11.1 Å². The molecule has 4 N–H and O–H groups in total. The molecule has 3 unspecified atom stereocenters. The van der Waals surface area contributed by atoms with E-state index in [1.807, 2.05) is 72.8 Å². The Morgan fingerprint density at radius 2 is 1.55 bits per heavy atom. The van der Waals surface area contributed by atoms with Gasteiger partial charge in [0.1, 0.15) is 0 Å². The van der Waals surface area contributed by atoms with Crippen LogP contribution in [0, 0.1) is 5.21 Å². The lowest BCUT2D eigenvalue weighted by Gasteiger charge is -2.36. The second-order valence-electron chi connectivity index (χ2n) is 12.1. The average Bonchev–Trinajstić information content (AvgIpc) is 3.15. The molecule has 4 aromatic rings. The fourth-order valence-corrected chi connectivity index (χ4v) is 6.62. The number of carbonyl (C=O) groups excluding carboxylic acids is 2. The summed E-state index contributed by atoms with van der Waals surface area (Å²) in [5.74, 6) is 0.192. The van der Waals surface area contributed by atoms with Crippen LogP contribution in [-0.4, -0.2) is 34.0 Å². The van der Waals surface area contributed by atoms with Crippen LogP contribution in [0.1, 0.15) is 79.6 Å². The van der Waals surface area contributed by atoms with Gasteiger partial charge in [-0.1, -0.05) is 91.3 Å². The van der Waals surface area contributed by atoms with Crippen LogP contribution in [0.15, 0.2) is 102 Å². The van der Waals surface area contributed by atoms with Crippen LogP contribution in [0.4, 0.5) is 0 Å². The minimum Gasteiger partial charge on any atom is -0.618 e. The van der Waals surface area contributed by atoms with Crippen molar-refractivity contribution in [3.8, 4) is 11.1 Å². The molecule has 0 saturated carbocycles. The van der Waals surface area contributed by atoms with Crippen LogP contribution in [0.2, 0.25) is 0 Å². The van der Waals surface area contributed by atoms with Crippen molar-refractivity contribution in [3.63, 3.8) is 0 Å². The summed E-state index contributed by atoms with van der Waals surface area (Å²) in [5.41, 5.74) is 7.40. The molecule has 0 aliphatic carbocycles. The van der Waals surface area contributed by atoms with Gasteiger partial charge in [0.05, 0.1) is 18.8 Å². The van der Waals surface area contributed by atoms with Gasteiger partial charge in [-0.15, -0.1) is 0 Å². The van der Waals surface area contributed by atoms with Crippen molar-refractivity contribution in [2.24, 2.45) is 0 Å². The van der Waals surface area contributed by atoms with E-state index in [2.05, 4.69) is 11.4 Å². The molecule has 0 bridgehead atoms. The zero-order valence-corrected chi connectivity index (χ0v) is 28.1. The van der Waals surface area contributed by atoms with Gasteiger partial charge in [-0.3, -0.25) is 14.8 Å². The Kier molecular flexibility index (Phi) is 13.6. The van der Waals surface area contributed by atoms with Crippen molar-refractivity contribution in [3.05, 3.63) is 125 Å². The van der Waals surface area contributed by atoms with Gasteiger partial charge in [-0.25, -0.2) is 5.48 Å². The lowest BCUT2D eigenvalue weighted by molar-refractivity contribution is -0.645. The van der Waals surface area contributed by atoms with Crippen molar-refractivity contribution in [1.29, 1.82) is 0 Å². The molecule has 2 amide bonds. The molecular formula is C38H43N3O7S. The number of aromatic nitrogens is 1. The highest BCUT2D eigenvalue weighted by atomic mass is 32.2. The van der Waals surface area contributed by atoms with E-state index in [1.54, 1.807) is 17.6 Å². The zero-order valence-electron chi connectivity index (χ0n) is 27.3. The van der Waals surface area contributed by atoms with E-state index in [-0.39, 0.29) is 37.0 Å². The number of benzene rings is 3. The molecule has 258 valence electrons. The molecule has 1 fully saturated rings. The number of aliphatic hydroxyl groups is 1. The number of thioether (sulfide) groups is 1. The number of aliphatic hydroxyl groups excluding tert-OH is 1. The minimum absolute atomic E-state index is 0.00863. The number of ether oxygens (including phenoxy) is 2. The number of nitrogens with zero attached hydrogens (tertiary/aromatic N) is 1. The number of pyridine rings is 1. The summed E-state index contributed by atoms with van der Waals surface area (Å²) < 4.78 is 13.8. The first-order valence-electron chi connectivity index (χ1n) is 16.6. The van der Waals surface area contributed by atoms with Gasteiger partial charge in [0.2, 0.25) is 11.8 Å². The molecule has 49 heavy (non-hydrogen) atoms. The number of hydrogen-bond donors (Lipinski definition) is 4. The predicted octanol–water partition coefficient (Wildman–Crippen LogP) is 6.28. The van der Waals surface area contributed by atoms with Crippen LogP contribution < -0.4 is 15.5 Å². The Morgan fingerprint density at radius 1 is 0.816 bits per heavy atom. The molecule has 10 nitrogen and oxygen atoms in total. The third-order valence-corrected chi connectivity index (χ3v) is 9.59. The summed E-state index contributed by atoms with van der Waals surface area (Å²) in [6.07, 6.45) is 4.94. The van der Waals surface area contributed by atoms with Gasteiger partial charge in [-0.05, 0) is 52.8 Å². The molecule has 0 spiro atoms. The fraction of sp³-hybridized carbons (Fsp3) is 0.342. The normalized spacial score (nSPS) is 17.4. The van der Waals surface area contributed by atoms with E-state index < -0.39 is 6.29 Å². The smallest absolute Gasteiger partial charge is 0.251 e. The first-order valence-corrected chi connectivity index (χ1v) is 17.6. The molecule has 1 aliphatic rings. The summed E-state index contributed by atoms with van der Waals surface area (Å²) in [5, 5.41) is 33.9. The SMILES string of the molecule is O=C(CCCCCCC(=O)NCc1cccc(-c2ccc(C3OC(CSc4cccc[n+]4[O-])CC(c4ccc(CO)cc4)O3)cc2)c1)NO. The monoisotopic (exact) mass is 685 g/mol.